The summed E-state index contributed by atoms with van der Waals surface area (Å²) < 4.78 is 0. The van der Waals surface area contributed by atoms with Gasteiger partial charge in [0.05, 0.1) is 5.56 Å². The molecule has 0 aliphatic heterocycles. The molecule has 5 heteroatoms. The number of nitrogens with zero attached hydrogens (tertiary/aromatic N) is 2. The average Bonchev–Trinajstić information content (AvgIpc) is 2.53. The number of nitrogen functional groups attached to an aromatic ring is 1. The lowest BCUT2D eigenvalue weighted by atomic mass is 10.1. The Morgan fingerprint density at radius 1 is 1.19 bits per heavy atom. The lowest BCUT2D eigenvalue weighted by molar-refractivity contribution is 0.0757. The van der Waals surface area contributed by atoms with Crippen LogP contribution in [-0.4, -0.2) is 28.9 Å². The van der Waals surface area contributed by atoms with Gasteiger partial charge < -0.3 is 10.3 Å². The minimum absolute atomic E-state index is 0.0333. The van der Waals surface area contributed by atoms with Gasteiger partial charge in [0.1, 0.15) is 5.82 Å². The number of anilines is 1. The smallest absolute Gasteiger partial charge is 0.256 e. The third-order valence-corrected chi connectivity index (χ3v) is 3.44. The highest BCUT2D eigenvalue weighted by atomic mass is 16.2. The minimum Gasteiger partial charge on any atom is -0.339 e. The molecule has 5 nitrogen and oxygen atoms in total. The lowest BCUT2D eigenvalue weighted by Gasteiger charge is -2.22. The highest BCUT2D eigenvalue weighted by molar-refractivity contribution is 6.09. The number of carbonyl (C=O) groups excluding carboxylic acids is 1. The van der Waals surface area contributed by atoms with E-state index in [-0.39, 0.29) is 5.91 Å². The summed E-state index contributed by atoms with van der Waals surface area (Å²) in [6, 6.07) is 7.68. The van der Waals surface area contributed by atoms with Crippen LogP contribution in [0.2, 0.25) is 0 Å². The first kappa shape index (κ1) is 15.3. The zero-order valence-corrected chi connectivity index (χ0v) is 12.6. The predicted molar refractivity (Wildman–Crippen MR) is 86.0 cm³/mol. The summed E-state index contributed by atoms with van der Waals surface area (Å²) in [6.45, 7) is 5.68. The first-order valence-corrected chi connectivity index (χ1v) is 7.36. The molecule has 0 saturated heterocycles. The Morgan fingerprint density at radius 3 is 2.38 bits per heavy atom. The number of hydrazine groups is 1. The molecule has 1 heterocycles. The molecule has 0 saturated carbocycles. The van der Waals surface area contributed by atoms with Crippen LogP contribution in [0.3, 0.4) is 0 Å². The van der Waals surface area contributed by atoms with Gasteiger partial charge in [0.2, 0.25) is 0 Å². The summed E-state index contributed by atoms with van der Waals surface area (Å²) in [7, 11) is 0. The van der Waals surface area contributed by atoms with Crippen molar-refractivity contribution in [3.63, 3.8) is 0 Å². The van der Waals surface area contributed by atoms with E-state index >= 15 is 0 Å². The van der Waals surface area contributed by atoms with Crippen LogP contribution >= 0.6 is 0 Å². The van der Waals surface area contributed by atoms with Crippen molar-refractivity contribution >= 4 is 22.5 Å². The monoisotopic (exact) mass is 286 g/mol. The fourth-order valence-corrected chi connectivity index (χ4v) is 2.50. The molecule has 0 bridgehead atoms. The molecule has 2 rings (SSSR count). The summed E-state index contributed by atoms with van der Waals surface area (Å²) in [5.41, 5.74) is 3.21. The van der Waals surface area contributed by atoms with Crippen molar-refractivity contribution in [3.8, 4) is 0 Å². The van der Waals surface area contributed by atoms with E-state index in [0.29, 0.717) is 11.4 Å². The lowest BCUT2D eigenvalue weighted by Crippen LogP contribution is -2.32. The van der Waals surface area contributed by atoms with Crippen LogP contribution in [0.4, 0.5) is 5.82 Å². The van der Waals surface area contributed by atoms with Crippen LogP contribution in [0.25, 0.3) is 10.8 Å². The third kappa shape index (κ3) is 3.13. The van der Waals surface area contributed by atoms with Gasteiger partial charge in [-0.15, -0.1) is 0 Å². The second-order valence-corrected chi connectivity index (χ2v) is 5.00. The Kier molecular flexibility index (Phi) is 5.11. The number of carbonyl (C=O) groups is 1. The van der Waals surface area contributed by atoms with Gasteiger partial charge in [-0.05, 0) is 18.2 Å². The van der Waals surface area contributed by atoms with E-state index in [1.807, 2.05) is 29.2 Å². The molecule has 0 aliphatic rings. The van der Waals surface area contributed by atoms with Gasteiger partial charge in [0.25, 0.3) is 5.91 Å². The van der Waals surface area contributed by atoms with E-state index in [4.69, 9.17) is 5.84 Å². The van der Waals surface area contributed by atoms with Crippen molar-refractivity contribution in [1.29, 1.82) is 0 Å². The zero-order chi connectivity index (χ0) is 15.2. The molecular weight excluding hydrogens is 264 g/mol. The number of hydrogen-bond donors (Lipinski definition) is 2. The summed E-state index contributed by atoms with van der Waals surface area (Å²) in [5, 5.41) is 1.74. The largest absolute Gasteiger partial charge is 0.339 e. The molecule has 1 aromatic carbocycles. The summed E-state index contributed by atoms with van der Waals surface area (Å²) in [5.74, 6) is 6.11. The van der Waals surface area contributed by atoms with Crippen LogP contribution in [-0.2, 0) is 0 Å². The van der Waals surface area contributed by atoms with Gasteiger partial charge in [0, 0.05) is 24.7 Å². The first-order valence-electron chi connectivity index (χ1n) is 7.36. The molecule has 112 valence electrons. The molecular formula is C16H22N4O. The van der Waals surface area contributed by atoms with Crippen molar-refractivity contribution in [2.75, 3.05) is 18.5 Å². The van der Waals surface area contributed by atoms with E-state index in [0.717, 1.165) is 36.7 Å². The van der Waals surface area contributed by atoms with Crippen molar-refractivity contribution < 1.29 is 4.79 Å². The molecule has 21 heavy (non-hydrogen) atoms. The third-order valence-electron chi connectivity index (χ3n) is 3.44. The molecule has 3 N–H and O–H groups in total. The van der Waals surface area contributed by atoms with E-state index in [1.54, 1.807) is 6.20 Å². The van der Waals surface area contributed by atoms with Crippen LogP contribution in [0.5, 0.6) is 0 Å². The SMILES string of the molecule is CCCN(CCC)C(=O)c1cnc(NN)c2ccccc12. The fraction of sp³-hybridized carbons (Fsp3) is 0.375. The summed E-state index contributed by atoms with van der Waals surface area (Å²) in [6.07, 6.45) is 3.50. The fourth-order valence-electron chi connectivity index (χ4n) is 2.50. The maximum absolute atomic E-state index is 12.8. The number of benzene rings is 1. The second-order valence-electron chi connectivity index (χ2n) is 5.00. The second kappa shape index (κ2) is 7.04. The zero-order valence-electron chi connectivity index (χ0n) is 12.6. The van der Waals surface area contributed by atoms with Crippen molar-refractivity contribution in [2.45, 2.75) is 26.7 Å². The standard InChI is InChI=1S/C16H22N4O/c1-3-9-20(10-4-2)16(21)14-11-18-15(19-17)13-8-6-5-7-12(13)14/h5-8,11H,3-4,9-10,17H2,1-2H3,(H,18,19). The number of pyridine rings is 1. The number of nitrogens with one attached hydrogen (secondary N) is 1. The Morgan fingerprint density at radius 2 is 1.81 bits per heavy atom. The topological polar surface area (TPSA) is 71.2 Å². The van der Waals surface area contributed by atoms with Gasteiger partial charge in [-0.3, -0.25) is 4.79 Å². The van der Waals surface area contributed by atoms with Gasteiger partial charge in [-0.1, -0.05) is 38.1 Å². The van der Waals surface area contributed by atoms with Crippen LogP contribution < -0.4 is 11.3 Å². The van der Waals surface area contributed by atoms with Crippen molar-refractivity contribution in [3.05, 3.63) is 36.0 Å². The van der Waals surface area contributed by atoms with Crippen LogP contribution in [0.15, 0.2) is 30.5 Å². The average molecular weight is 286 g/mol. The molecule has 0 fully saturated rings. The van der Waals surface area contributed by atoms with Crippen molar-refractivity contribution in [2.24, 2.45) is 5.84 Å². The van der Waals surface area contributed by atoms with Gasteiger partial charge >= 0.3 is 0 Å². The van der Waals surface area contributed by atoms with Gasteiger partial charge in [-0.25, -0.2) is 10.8 Å². The predicted octanol–water partition coefficient (Wildman–Crippen LogP) is 2.78. The van der Waals surface area contributed by atoms with E-state index in [9.17, 15) is 4.79 Å². The molecule has 1 aromatic heterocycles. The first-order chi connectivity index (χ1) is 10.2. The van der Waals surface area contributed by atoms with Crippen molar-refractivity contribution in [1.82, 2.24) is 9.88 Å². The number of nitrogens with two attached hydrogens (primary N) is 1. The molecule has 1 amide bonds. The number of fused-ring (bicyclic) bond motifs is 1. The summed E-state index contributed by atoms with van der Waals surface area (Å²) >= 11 is 0. The Hall–Kier alpha value is -2.14. The van der Waals surface area contributed by atoms with Gasteiger partial charge in [-0.2, -0.15) is 0 Å². The number of aromatic nitrogens is 1. The number of rotatable bonds is 6. The maximum Gasteiger partial charge on any atom is 0.256 e. The number of amides is 1. The van der Waals surface area contributed by atoms with E-state index in [1.165, 1.54) is 0 Å². The molecule has 0 atom stereocenters. The van der Waals surface area contributed by atoms with E-state index in [2.05, 4.69) is 24.3 Å². The Balaban J connectivity index is 2.48. The summed E-state index contributed by atoms with van der Waals surface area (Å²) in [4.78, 5) is 18.9. The highest BCUT2D eigenvalue weighted by Gasteiger charge is 2.18. The molecule has 0 aliphatic carbocycles. The highest BCUT2D eigenvalue weighted by Crippen LogP contribution is 2.24. The molecule has 0 radical (unpaired) electrons. The molecule has 0 spiro atoms. The number of hydrogen-bond acceptors (Lipinski definition) is 4. The Labute approximate surface area is 125 Å². The van der Waals surface area contributed by atoms with Crippen LogP contribution in [0.1, 0.15) is 37.0 Å². The maximum atomic E-state index is 12.8. The van der Waals surface area contributed by atoms with E-state index < -0.39 is 0 Å². The van der Waals surface area contributed by atoms with Gasteiger partial charge in [0.15, 0.2) is 0 Å². The molecule has 2 aromatic rings. The molecule has 0 unspecified atom stereocenters. The Bertz CT molecular complexity index is 621. The minimum atomic E-state index is 0.0333. The normalized spacial score (nSPS) is 10.6. The van der Waals surface area contributed by atoms with Crippen LogP contribution in [0, 0.1) is 0 Å². The quantitative estimate of drug-likeness (QED) is 0.632.